The van der Waals surface area contributed by atoms with Crippen LogP contribution in [0, 0.1) is 0 Å². The largest absolute Gasteiger partial charge is 0.0860 e. The summed E-state index contributed by atoms with van der Waals surface area (Å²) in [5, 5.41) is 0. The summed E-state index contributed by atoms with van der Waals surface area (Å²) in [7, 11) is 0. The van der Waals surface area contributed by atoms with Crippen molar-refractivity contribution in [2.75, 3.05) is 4.43 Å². The zero-order valence-electron chi connectivity index (χ0n) is 9.39. The number of allylic oxidation sites excluding steroid dienone is 1. The van der Waals surface area contributed by atoms with Crippen LogP contribution in [-0.2, 0) is 11.8 Å². The molecule has 0 aromatic heterocycles. The van der Waals surface area contributed by atoms with Crippen molar-refractivity contribution in [1.82, 2.24) is 0 Å². The smallest absolute Gasteiger partial charge is 0.00358 e. The predicted molar refractivity (Wildman–Crippen MR) is 75.7 cm³/mol. The second kappa shape index (κ2) is 4.28. The fourth-order valence-electron chi connectivity index (χ4n) is 2.22. The number of halogens is 1. The van der Waals surface area contributed by atoms with Crippen LogP contribution in [0.2, 0.25) is 0 Å². The Kier molecular flexibility index (Phi) is 3.19. The van der Waals surface area contributed by atoms with Gasteiger partial charge >= 0.3 is 0 Å². The molecule has 0 unspecified atom stereocenters. The molecule has 0 aliphatic heterocycles. The monoisotopic (exact) mass is 312 g/mol. The van der Waals surface area contributed by atoms with Gasteiger partial charge in [0.25, 0.3) is 0 Å². The average molecular weight is 312 g/mol. The summed E-state index contributed by atoms with van der Waals surface area (Å²) in [6.07, 6.45) is 6.92. The molecule has 0 saturated heterocycles. The van der Waals surface area contributed by atoms with E-state index < -0.39 is 0 Å². The molecule has 0 atom stereocenters. The number of alkyl halides is 1. The third kappa shape index (κ3) is 2.27. The van der Waals surface area contributed by atoms with Crippen LogP contribution in [0.25, 0.3) is 6.08 Å². The van der Waals surface area contributed by atoms with Gasteiger partial charge in [-0.15, -0.1) is 0 Å². The molecule has 1 heteroatoms. The van der Waals surface area contributed by atoms with E-state index in [1.54, 1.807) is 0 Å². The SMILES string of the molecule is CC1(C)CC=Cc2cc(CCI)ccc21. The van der Waals surface area contributed by atoms with Crippen molar-refractivity contribution >= 4 is 28.7 Å². The van der Waals surface area contributed by atoms with Gasteiger partial charge in [0.2, 0.25) is 0 Å². The van der Waals surface area contributed by atoms with Crippen LogP contribution in [0.5, 0.6) is 0 Å². The lowest BCUT2D eigenvalue weighted by Crippen LogP contribution is -2.19. The quantitative estimate of drug-likeness (QED) is 0.562. The molecular weight excluding hydrogens is 295 g/mol. The van der Waals surface area contributed by atoms with Crippen LogP contribution >= 0.6 is 22.6 Å². The Labute approximate surface area is 106 Å². The van der Waals surface area contributed by atoms with Gasteiger partial charge in [0, 0.05) is 4.43 Å². The summed E-state index contributed by atoms with van der Waals surface area (Å²) < 4.78 is 1.20. The Morgan fingerprint density at radius 1 is 1.33 bits per heavy atom. The third-order valence-electron chi connectivity index (χ3n) is 3.15. The molecular formula is C14H17I. The van der Waals surface area contributed by atoms with E-state index in [4.69, 9.17) is 0 Å². The maximum Gasteiger partial charge on any atom is 0.00358 e. The molecule has 0 fully saturated rings. The van der Waals surface area contributed by atoms with Gasteiger partial charge in [0.05, 0.1) is 0 Å². The minimum Gasteiger partial charge on any atom is -0.0860 e. The van der Waals surface area contributed by atoms with Gasteiger partial charge in [-0.05, 0) is 34.9 Å². The van der Waals surface area contributed by atoms with E-state index in [0.717, 1.165) is 6.42 Å². The maximum absolute atomic E-state index is 2.44. The molecule has 0 spiro atoms. The highest BCUT2D eigenvalue weighted by molar-refractivity contribution is 14.1. The molecule has 1 aromatic carbocycles. The van der Waals surface area contributed by atoms with Crippen LogP contribution in [0.4, 0.5) is 0 Å². The van der Waals surface area contributed by atoms with Crippen LogP contribution in [0.3, 0.4) is 0 Å². The van der Waals surface area contributed by atoms with Crippen molar-refractivity contribution in [3.05, 3.63) is 41.0 Å². The Morgan fingerprint density at radius 3 is 2.87 bits per heavy atom. The molecule has 0 radical (unpaired) electrons. The first-order chi connectivity index (χ1) is 7.13. The van der Waals surface area contributed by atoms with E-state index in [-0.39, 0.29) is 0 Å². The van der Waals surface area contributed by atoms with E-state index >= 15 is 0 Å². The van der Waals surface area contributed by atoms with E-state index in [9.17, 15) is 0 Å². The summed E-state index contributed by atoms with van der Waals surface area (Å²) >= 11 is 2.44. The Balaban J connectivity index is 2.42. The van der Waals surface area contributed by atoms with Gasteiger partial charge in [-0.2, -0.15) is 0 Å². The topological polar surface area (TPSA) is 0 Å². The molecule has 2 rings (SSSR count). The van der Waals surface area contributed by atoms with E-state index in [2.05, 4.69) is 66.8 Å². The molecule has 0 heterocycles. The van der Waals surface area contributed by atoms with E-state index in [1.807, 2.05) is 0 Å². The molecule has 0 amide bonds. The first kappa shape index (κ1) is 11.2. The molecule has 0 saturated carbocycles. The number of hydrogen-bond donors (Lipinski definition) is 0. The minimum absolute atomic E-state index is 0.312. The number of fused-ring (bicyclic) bond motifs is 1. The molecule has 80 valence electrons. The Morgan fingerprint density at radius 2 is 2.13 bits per heavy atom. The van der Waals surface area contributed by atoms with Crippen LogP contribution in [-0.4, -0.2) is 4.43 Å². The highest BCUT2D eigenvalue weighted by Crippen LogP contribution is 2.35. The predicted octanol–water partition coefficient (Wildman–Crippen LogP) is 4.36. The Hall–Kier alpha value is -0.310. The zero-order chi connectivity index (χ0) is 10.9. The zero-order valence-corrected chi connectivity index (χ0v) is 11.5. The summed E-state index contributed by atoms with van der Waals surface area (Å²) in [5.74, 6) is 0. The summed E-state index contributed by atoms with van der Waals surface area (Å²) in [6, 6.07) is 6.96. The van der Waals surface area contributed by atoms with Gasteiger partial charge < -0.3 is 0 Å². The number of benzene rings is 1. The van der Waals surface area contributed by atoms with Crippen molar-refractivity contribution in [3.8, 4) is 0 Å². The summed E-state index contributed by atoms with van der Waals surface area (Å²) in [4.78, 5) is 0. The van der Waals surface area contributed by atoms with E-state index in [1.165, 1.54) is 27.5 Å². The van der Waals surface area contributed by atoms with Gasteiger partial charge in [-0.1, -0.05) is 66.8 Å². The van der Waals surface area contributed by atoms with Crippen LogP contribution < -0.4 is 0 Å². The molecule has 0 N–H and O–H groups in total. The number of aryl methyl sites for hydroxylation is 1. The maximum atomic E-state index is 2.44. The minimum atomic E-state index is 0.312. The number of hydrogen-bond acceptors (Lipinski definition) is 0. The summed E-state index contributed by atoms with van der Waals surface area (Å²) in [5.41, 5.74) is 4.70. The fraction of sp³-hybridized carbons (Fsp3) is 0.429. The highest BCUT2D eigenvalue weighted by Gasteiger charge is 2.24. The second-order valence-electron chi connectivity index (χ2n) is 4.85. The summed E-state index contributed by atoms with van der Waals surface area (Å²) in [6.45, 7) is 4.65. The standard InChI is InChI=1S/C14H17I/c1-14(2)8-3-4-12-10-11(7-9-15)5-6-13(12)14/h3-6,10H,7-9H2,1-2H3. The van der Waals surface area contributed by atoms with Gasteiger partial charge in [0.1, 0.15) is 0 Å². The molecule has 1 aromatic rings. The second-order valence-corrected chi connectivity index (χ2v) is 5.93. The van der Waals surface area contributed by atoms with Gasteiger partial charge in [-0.25, -0.2) is 0 Å². The third-order valence-corrected chi connectivity index (χ3v) is 3.69. The van der Waals surface area contributed by atoms with Crippen molar-refractivity contribution in [3.63, 3.8) is 0 Å². The van der Waals surface area contributed by atoms with Gasteiger partial charge in [-0.3, -0.25) is 0 Å². The molecule has 15 heavy (non-hydrogen) atoms. The van der Waals surface area contributed by atoms with Crippen molar-refractivity contribution in [2.24, 2.45) is 0 Å². The number of rotatable bonds is 2. The lowest BCUT2D eigenvalue weighted by molar-refractivity contribution is 0.528. The van der Waals surface area contributed by atoms with Crippen LogP contribution in [0.15, 0.2) is 24.3 Å². The molecule has 1 aliphatic carbocycles. The first-order valence-electron chi connectivity index (χ1n) is 5.49. The molecule has 0 nitrogen and oxygen atoms in total. The normalized spacial score (nSPS) is 17.5. The van der Waals surface area contributed by atoms with Crippen molar-refractivity contribution in [2.45, 2.75) is 32.1 Å². The molecule has 0 bridgehead atoms. The lowest BCUT2D eigenvalue weighted by atomic mass is 9.75. The lowest BCUT2D eigenvalue weighted by Gasteiger charge is -2.29. The highest BCUT2D eigenvalue weighted by atomic mass is 127. The first-order valence-corrected chi connectivity index (χ1v) is 7.02. The van der Waals surface area contributed by atoms with E-state index in [0.29, 0.717) is 5.41 Å². The van der Waals surface area contributed by atoms with Crippen molar-refractivity contribution in [1.29, 1.82) is 0 Å². The van der Waals surface area contributed by atoms with Crippen LogP contribution in [0.1, 0.15) is 37.0 Å². The Bertz CT molecular complexity index is 388. The van der Waals surface area contributed by atoms with Gasteiger partial charge in [0.15, 0.2) is 0 Å². The average Bonchev–Trinajstić information content (AvgIpc) is 2.17. The molecule has 1 aliphatic rings. The van der Waals surface area contributed by atoms with Crippen molar-refractivity contribution < 1.29 is 0 Å². The fourth-order valence-corrected chi connectivity index (χ4v) is 2.84.